The number of nitrogens with one attached hydrogen (secondary N) is 1. The van der Waals surface area contributed by atoms with E-state index in [0.29, 0.717) is 6.04 Å². The fraction of sp³-hybridized carbons (Fsp3) is 0.412. The molecule has 1 aromatic carbocycles. The number of rotatable bonds is 7. The highest BCUT2D eigenvalue weighted by molar-refractivity contribution is 9.10. The smallest absolute Gasteiger partial charge is 0.117 e. The van der Waals surface area contributed by atoms with Crippen LogP contribution in [0.3, 0.4) is 0 Å². The van der Waals surface area contributed by atoms with Gasteiger partial charge in [0.05, 0.1) is 12.8 Å². The van der Waals surface area contributed by atoms with E-state index in [1.54, 1.807) is 6.26 Å². The second-order valence-corrected chi connectivity index (χ2v) is 6.57. The van der Waals surface area contributed by atoms with E-state index in [2.05, 4.69) is 65.2 Å². The third-order valence-corrected chi connectivity index (χ3v) is 4.02. The van der Waals surface area contributed by atoms with Gasteiger partial charge in [0.1, 0.15) is 5.76 Å². The molecule has 114 valence electrons. The molecule has 2 aromatic rings. The number of hydrogen-bond acceptors (Lipinski definition) is 3. The molecule has 0 fully saturated rings. The van der Waals surface area contributed by atoms with E-state index >= 15 is 0 Å². The van der Waals surface area contributed by atoms with Crippen LogP contribution in [0.25, 0.3) is 0 Å². The normalized spacial score (nSPS) is 11.5. The van der Waals surface area contributed by atoms with Crippen LogP contribution < -0.4 is 5.32 Å². The summed E-state index contributed by atoms with van der Waals surface area (Å²) in [6.07, 6.45) is 1.72. The van der Waals surface area contributed by atoms with Crippen LogP contribution in [0.5, 0.6) is 0 Å². The average molecular weight is 351 g/mol. The van der Waals surface area contributed by atoms with Gasteiger partial charge in [-0.05, 0) is 36.4 Å². The van der Waals surface area contributed by atoms with Gasteiger partial charge in [-0.3, -0.25) is 4.90 Å². The monoisotopic (exact) mass is 350 g/mol. The minimum absolute atomic E-state index is 0.503. The highest BCUT2D eigenvalue weighted by Gasteiger charge is 2.07. The van der Waals surface area contributed by atoms with Crippen LogP contribution in [0.2, 0.25) is 0 Å². The van der Waals surface area contributed by atoms with Crippen LogP contribution >= 0.6 is 15.9 Å². The van der Waals surface area contributed by atoms with Gasteiger partial charge < -0.3 is 9.73 Å². The molecular weight excluding hydrogens is 328 g/mol. The van der Waals surface area contributed by atoms with E-state index in [-0.39, 0.29) is 0 Å². The number of nitrogens with zero attached hydrogens (tertiary/aromatic N) is 1. The van der Waals surface area contributed by atoms with Crippen LogP contribution in [-0.2, 0) is 19.6 Å². The summed E-state index contributed by atoms with van der Waals surface area (Å²) in [7, 11) is 2.10. The Bertz CT molecular complexity index is 552. The molecule has 0 atom stereocenters. The van der Waals surface area contributed by atoms with Crippen LogP contribution in [0.4, 0.5) is 0 Å². The minimum Gasteiger partial charge on any atom is -0.468 e. The molecule has 1 aromatic heterocycles. The first-order chi connectivity index (χ1) is 10.0. The first kappa shape index (κ1) is 16.3. The molecular formula is C17H23BrN2O. The SMILES string of the molecule is CC(C)NCc1ccc(CN(C)Cc2ccco2)c(Br)c1. The van der Waals surface area contributed by atoms with Gasteiger partial charge in [0, 0.05) is 23.6 Å². The third-order valence-electron chi connectivity index (χ3n) is 3.28. The summed E-state index contributed by atoms with van der Waals surface area (Å²) in [5.74, 6) is 0.992. The summed E-state index contributed by atoms with van der Waals surface area (Å²) in [5.41, 5.74) is 2.59. The molecule has 2 rings (SSSR count). The lowest BCUT2D eigenvalue weighted by Gasteiger charge is -2.17. The van der Waals surface area contributed by atoms with Gasteiger partial charge in [-0.2, -0.15) is 0 Å². The number of benzene rings is 1. The summed E-state index contributed by atoms with van der Waals surface area (Å²) in [4.78, 5) is 2.24. The van der Waals surface area contributed by atoms with E-state index in [4.69, 9.17) is 4.42 Å². The second-order valence-electron chi connectivity index (χ2n) is 5.71. The summed E-state index contributed by atoms with van der Waals surface area (Å²) in [6.45, 7) is 6.92. The Morgan fingerprint density at radius 3 is 2.67 bits per heavy atom. The molecule has 0 amide bonds. The lowest BCUT2D eigenvalue weighted by molar-refractivity contribution is 0.287. The Kier molecular flexibility index (Phi) is 6.03. The largest absolute Gasteiger partial charge is 0.468 e. The fourth-order valence-corrected chi connectivity index (χ4v) is 2.72. The van der Waals surface area contributed by atoms with Crippen molar-refractivity contribution in [2.45, 2.75) is 39.5 Å². The van der Waals surface area contributed by atoms with Crippen LogP contribution in [0.1, 0.15) is 30.7 Å². The molecule has 0 saturated heterocycles. The van der Waals surface area contributed by atoms with E-state index in [0.717, 1.165) is 29.9 Å². The van der Waals surface area contributed by atoms with Crippen molar-refractivity contribution in [1.82, 2.24) is 10.2 Å². The second kappa shape index (κ2) is 7.78. The molecule has 21 heavy (non-hydrogen) atoms. The molecule has 1 N–H and O–H groups in total. The first-order valence-electron chi connectivity index (χ1n) is 7.26. The van der Waals surface area contributed by atoms with Crippen LogP contribution in [0.15, 0.2) is 45.5 Å². The maximum atomic E-state index is 5.38. The lowest BCUT2D eigenvalue weighted by Crippen LogP contribution is -2.22. The van der Waals surface area contributed by atoms with E-state index in [1.165, 1.54) is 11.1 Å². The number of hydrogen-bond donors (Lipinski definition) is 1. The van der Waals surface area contributed by atoms with Gasteiger partial charge >= 0.3 is 0 Å². The van der Waals surface area contributed by atoms with Gasteiger partial charge in [-0.1, -0.05) is 41.9 Å². The van der Waals surface area contributed by atoms with E-state index in [9.17, 15) is 0 Å². The zero-order chi connectivity index (χ0) is 15.2. The quantitative estimate of drug-likeness (QED) is 0.812. The standard InChI is InChI=1S/C17H23BrN2O/c1-13(2)19-10-14-6-7-15(17(18)9-14)11-20(3)12-16-5-4-8-21-16/h4-9,13,19H,10-12H2,1-3H3. The summed E-state index contributed by atoms with van der Waals surface area (Å²) >= 11 is 3.68. The van der Waals surface area contributed by atoms with Gasteiger partial charge in [-0.15, -0.1) is 0 Å². The fourth-order valence-electron chi connectivity index (χ4n) is 2.17. The molecule has 0 aliphatic heterocycles. The Balaban J connectivity index is 1.93. The van der Waals surface area contributed by atoms with Crippen molar-refractivity contribution < 1.29 is 4.42 Å². The molecule has 0 aliphatic rings. The molecule has 0 radical (unpaired) electrons. The minimum atomic E-state index is 0.503. The van der Waals surface area contributed by atoms with Crippen molar-refractivity contribution in [1.29, 1.82) is 0 Å². The molecule has 0 bridgehead atoms. The van der Waals surface area contributed by atoms with Gasteiger partial charge in [0.15, 0.2) is 0 Å². The van der Waals surface area contributed by atoms with E-state index in [1.807, 2.05) is 12.1 Å². The molecule has 0 spiro atoms. The molecule has 1 heterocycles. The van der Waals surface area contributed by atoms with Crippen molar-refractivity contribution in [3.8, 4) is 0 Å². The van der Waals surface area contributed by atoms with Gasteiger partial charge in [0.2, 0.25) is 0 Å². The number of furan rings is 1. The molecule has 3 nitrogen and oxygen atoms in total. The Morgan fingerprint density at radius 1 is 1.24 bits per heavy atom. The summed E-state index contributed by atoms with van der Waals surface area (Å²) < 4.78 is 6.55. The molecule has 0 saturated carbocycles. The van der Waals surface area contributed by atoms with Crippen molar-refractivity contribution in [2.24, 2.45) is 0 Å². The Hall–Kier alpha value is -1.10. The van der Waals surface area contributed by atoms with E-state index < -0.39 is 0 Å². The third kappa shape index (κ3) is 5.30. The van der Waals surface area contributed by atoms with Gasteiger partial charge in [-0.25, -0.2) is 0 Å². The molecule has 0 aliphatic carbocycles. The van der Waals surface area contributed by atoms with Crippen molar-refractivity contribution in [3.63, 3.8) is 0 Å². The van der Waals surface area contributed by atoms with Gasteiger partial charge in [0.25, 0.3) is 0 Å². The Labute approximate surface area is 135 Å². The van der Waals surface area contributed by atoms with Crippen LogP contribution in [0, 0.1) is 0 Å². The topological polar surface area (TPSA) is 28.4 Å². The molecule has 4 heteroatoms. The maximum absolute atomic E-state index is 5.38. The zero-order valence-corrected chi connectivity index (χ0v) is 14.5. The predicted molar refractivity (Wildman–Crippen MR) is 90.0 cm³/mol. The van der Waals surface area contributed by atoms with Crippen molar-refractivity contribution >= 4 is 15.9 Å². The first-order valence-corrected chi connectivity index (χ1v) is 8.05. The lowest BCUT2D eigenvalue weighted by atomic mass is 10.1. The maximum Gasteiger partial charge on any atom is 0.117 e. The highest BCUT2D eigenvalue weighted by atomic mass is 79.9. The zero-order valence-electron chi connectivity index (χ0n) is 12.9. The predicted octanol–water partition coefficient (Wildman–Crippen LogP) is 4.17. The summed E-state index contributed by atoms with van der Waals surface area (Å²) in [5, 5.41) is 3.44. The Morgan fingerprint density at radius 2 is 2.05 bits per heavy atom. The summed E-state index contributed by atoms with van der Waals surface area (Å²) in [6, 6.07) is 11.0. The number of halogens is 1. The molecule has 0 unspecified atom stereocenters. The van der Waals surface area contributed by atoms with Crippen molar-refractivity contribution in [2.75, 3.05) is 7.05 Å². The highest BCUT2D eigenvalue weighted by Crippen LogP contribution is 2.21. The van der Waals surface area contributed by atoms with Crippen LogP contribution in [-0.4, -0.2) is 18.0 Å². The van der Waals surface area contributed by atoms with Crippen molar-refractivity contribution in [3.05, 3.63) is 58.0 Å². The average Bonchev–Trinajstić information content (AvgIpc) is 2.92.